The quantitative estimate of drug-likeness (QED) is 0.803. The van der Waals surface area contributed by atoms with Crippen LogP contribution in [0.4, 0.5) is 0 Å². The summed E-state index contributed by atoms with van der Waals surface area (Å²) >= 11 is 3.49. The van der Waals surface area contributed by atoms with Crippen LogP contribution in [0.1, 0.15) is 16.7 Å². The summed E-state index contributed by atoms with van der Waals surface area (Å²) in [4.78, 5) is 11.5. The number of nitrogens with two attached hydrogens (primary N) is 1. The van der Waals surface area contributed by atoms with Crippen LogP contribution in [0.5, 0.6) is 0 Å². The van der Waals surface area contributed by atoms with Crippen molar-refractivity contribution in [3.8, 4) is 0 Å². The predicted molar refractivity (Wildman–Crippen MR) is 65.7 cm³/mol. The van der Waals surface area contributed by atoms with Crippen molar-refractivity contribution in [2.45, 2.75) is 13.3 Å². The second-order valence-corrected chi connectivity index (χ2v) is 4.69. The maximum Gasteiger partial charge on any atom is 0.336 e. The number of halogens is 1. The second kappa shape index (κ2) is 3.94. The van der Waals surface area contributed by atoms with Crippen LogP contribution in [-0.2, 0) is 16.0 Å². The Kier molecular flexibility index (Phi) is 2.76. The number of carbonyl (C=O) groups excluding carboxylic acids is 1. The van der Waals surface area contributed by atoms with Crippen LogP contribution in [0, 0.1) is 6.92 Å². The van der Waals surface area contributed by atoms with E-state index >= 15 is 0 Å². The van der Waals surface area contributed by atoms with Gasteiger partial charge in [-0.1, -0.05) is 15.9 Å². The first kappa shape index (κ1) is 11.2. The highest BCUT2D eigenvalue weighted by molar-refractivity contribution is 9.10. The third kappa shape index (κ3) is 1.63. The van der Waals surface area contributed by atoms with Crippen molar-refractivity contribution in [3.05, 3.63) is 38.9 Å². The van der Waals surface area contributed by atoms with E-state index in [4.69, 9.17) is 10.5 Å². The summed E-state index contributed by atoms with van der Waals surface area (Å²) in [6, 6.07) is 4.01. The van der Waals surface area contributed by atoms with Crippen LogP contribution in [0.25, 0.3) is 5.70 Å². The number of hydrogen-bond donors (Lipinski definition) is 1. The average molecular weight is 282 g/mol. The summed E-state index contributed by atoms with van der Waals surface area (Å²) in [6.45, 7) is 1.99. The molecular weight excluding hydrogens is 270 g/mol. The highest BCUT2D eigenvalue weighted by atomic mass is 79.9. The molecular formula is C12H12BrNO2. The lowest BCUT2D eigenvalue weighted by atomic mass is 10.1. The average Bonchev–Trinajstić information content (AvgIpc) is 2.56. The van der Waals surface area contributed by atoms with Gasteiger partial charge in [-0.15, -0.1) is 0 Å². The number of hydrogen-bond acceptors (Lipinski definition) is 3. The zero-order valence-electron chi connectivity index (χ0n) is 9.13. The number of ether oxygens (including phenoxy) is 1. The molecule has 1 aromatic rings. The van der Waals surface area contributed by atoms with Crippen molar-refractivity contribution in [3.63, 3.8) is 0 Å². The molecule has 0 unspecified atom stereocenters. The molecule has 0 amide bonds. The summed E-state index contributed by atoms with van der Waals surface area (Å²) in [5.74, 6) is -0.349. The Labute approximate surface area is 102 Å². The van der Waals surface area contributed by atoms with Crippen LogP contribution in [0.15, 0.2) is 22.2 Å². The molecule has 2 rings (SSSR count). The lowest BCUT2D eigenvalue weighted by Crippen LogP contribution is -2.08. The van der Waals surface area contributed by atoms with Gasteiger partial charge in [-0.3, -0.25) is 0 Å². The molecule has 0 fully saturated rings. The molecule has 0 saturated carbocycles. The summed E-state index contributed by atoms with van der Waals surface area (Å²) in [6.07, 6.45) is 0.536. The largest absolute Gasteiger partial charge is 0.466 e. The number of fused-ring (bicyclic) bond motifs is 1. The molecule has 0 spiro atoms. The lowest BCUT2D eigenvalue weighted by molar-refractivity contribution is -0.136. The second-order valence-electron chi connectivity index (χ2n) is 3.83. The van der Waals surface area contributed by atoms with Crippen LogP contribution in [0.2, 0.25) is 0 Å². The van der Waals surface area contributed by atoms with Gasteiger partial charge in [0.05, 0.1) is 12.7 Å². The predicted octanol–water partition coefficient (Wildman–Crippen LogP) is 2.16. The van der Waals surface area contributed by atoms with E-state index in [2.05, 4.69) is 15.9 Å². The van der Waals surface area contributed by atoms with Gasteiger partial charge in [0.15, 0.2) is 0 Å². The van der Waals surface area contributed by atoms with E-state index < -0.39 is 0 Å². The Morgan fingerprint density at radius 3 is 2.81 bits per heavy atom. The molecule has 0 saturated heterocycles. The van der Waals surface area contributed by atoms with Crippen molar-refractivity contribution in [1.29, 1.82) is 0 Å². The number of aryl methyl sites for hydroxylation is 1. The smallest absolute Gasteiger partial charge is 0.336 e. The molecule has 0 aromatic heterocycles. The van der Waals surface area contributed by atoms with Crippen LogP contribution < -0.4 is 5.73 Å². The normalized spacial score (nSPS) is 13.9. The minimum atomic E-state index is -0.349. The number of esters is 1. The zero-order chi connectivity index (χ0) is 11.9. The zero-order valence-corrected chi connectivity index (χ0v) is 10.7. The van der Waals surface area contributed by atoms with Crippen molar-refractivity contribution in [2.75, 3.05) is 7.11 Å². The molecule has 1 aliphatic rings. The number of methoxy groups -OCH3 is 1. The van der Waals surface area contributed by atoms with Crippen LogP contribution >= 0.6 is 15.9 Å². The maximum atomic E-state index is 11.5. The molecule has 1 aliphatic carbocycles. The highest BCUT2D eigenvalue weighted by Crippen LogP contribution is 2.35. The molecule has 0 bridgehead atoms. The molecule has 0 heterocycles. The van der Waals surface area contributed by atoms with Gasteiger partial charge in [-0.05, 0) is 30.2 Å². The summed E-state index contributed by atoms with van der Waals surface area (Å²) < 4.78 is 5.70. The fourth-order valence-corrected chi connectivity index (χ4v) is 2.65. The van der Waals surface area contributed by atoms with E-state index in [1.54, 1.807) is 0 Å². The highest BCUT2D eigenvalue weighted by Gasteiger charge is 2.26. The Hall–Kier alpha value is -1.29. The first-order valence-corrected chi connectivity index (χ1v) is 5.70. The summed E-state index contributed by atoms with van der Waals surface area (Å²) in [5, 5.41) is 0. The molecule has 84 valence electrons. The minimum Gasteiger partial charge on any atom is -0.466 e. The Morgan fingerprint density at radius 2 is 2.19 bits per heavy atom. The van der Waals surface area contributed by atoms with Gasteiger partial charge in [0.1, 0.15) is 0 Å². The summed E-state index contributed by atoms with van der Waals surface area (Å²) in [7, 11) is 1.37. The number of benzene rings is 1. The minimum absolute atomic E-state index is 0.349. The molecule has 0 atom stereocenters. The van der Waals surface area contributed by atoms with Gasteiger partial charge >= 0.3 is 5.97 Å². The van der Waals surface area contributed by atoms with E-state index in [0.29, 0.717) is 17.7 Å². The monoisotopic (exact) mass is 281 g/mol. The van der Waals surface area contributed by atoms with Crippen molar-refractivity contribution in [2.24, 2.45) is 5.73 Å². The van der Waals surface area contributed by atoms with Gasteiger partial charge in [0, 0.05) is 22.2 Å². The Bertz CT molecular complexity index is 506. The van der Waals surface area contributed by atoms with Gasteiger partial charge < -0.3 is 10.5 Å². The Morgan fingerprint density at radius 1 is 1.50 bits per heavy atom. The van der Waals surface area contributed by atoms with Gasteiger partial charge in [-0.2, -0.15) is 0 Å². The van der Waals surface area contributed by atoms with Gasteiger partial charge in [0.25, 0.3) is 0 Å². The number of rotatable bonds is 1. The standard InChI is InChI=1S/C12H12BrNO2/c1-6-3-8-7(10(13)4-6)5-9(11(8)14)12(15)16-2/h3-4H,5,14H2,1-2H3. The fourth-order valence-electron chi connectivity index (χ4n) is 1.93. The molecule has 0 aliphatic heterocycles. The van der Waals surface area contributed by atoms with Crippen molar-refractivity contribution < 1.29 is 9.53 Å². The van der Waals surface area contributed by atoms with Crippen molar-refractivity contribution >= 4 is 27.6 Å². The molecule has 4 heteroatoms. The maximum absolute atomic E-state index is 11.5. The number of carbonyl (C=O) groups is 1. The van der Waals surface area contributed by atoms with E-state index in [1.165, 1.54) is 7.11 Å². The molecule has 0 radical (unpaired) electrons. The molecule has 3 nitrogen and oxygen atoms in total. The van der Waals surface area contributed by atoms with Gasteiger partial charge in [0.2, 0.25) is 0 Å². The first-order valence-electron chi connectivity index (χ1n) is 4.91. The van der Waals surface area contributed by atoms with E-state index in [-0.39, 0.29) is 5.97 Å². The Balaban J connectivity index is 2.54. The third-order valence-electron chi connectivity index (χ3n) is 2.74. The first-order chi connectivity index (χ1) is 7.54. The molecule has 1 aromatic carbocycles. The SMILES string of the molecule is COC(=O)C1=C(N)c2cc(C)cc(Br)c2C1. The summed E-state index contributed by atoms with van der Waals surface area (Å²) in [5.41, 5.74) is 10.1. The van der Waals surface area contributed by atoms with E-state index in [9.17, 15) is 4.79 Å². The van der Waals surface area contributed by atoms with Crippen LogP contribution in [-0.4, -0.2) is 13.1 Å². The van der Waals surface area contributed by atoms with E-state index in [0.717, 1.165) is 21.2 Å². The van der Waals surface area contributed by atoms with Crippen molar-refractivity contribution in [1.82, 2.24) is 0 Å². The topological polar surface area (TPSA) is 52.3 Å². The molecule has 2 N–H and O–H groups in total. The van der Waals surface area contributed by atoms with Crippen LogP contribution in [0.3, 0.4) is 0 Å². The van der Waals surface area contributed by atoms with Gasteiger partial charge in [-0.25, -0.2) is 4.79 Å². The fraction of sp³-hybridized carbons (Fsp3) is 0.250. The third-order valence-corrected chi connectivity index (χ3v) is 3.45. The molecule has 16 heavy (non-hydrogen) atoms. The van der Waals surface area contributed by atoms with E-state index in [1.807, 2.05) is 19.1 Å². The lowest BCUT2D eigenvalue weighted by Gasteiger charge is -2.05.